The minimum atomic E-state index is -0.226. The highest BCUT2D eigenvalue weighted by Crippen LogP contribution is 2.18. The Labute approximate surface area is 140 Å². The number of thiocarbonyl (C=S) groups is 1. The second-order valence-electron chi connectivity index (χ2n) is 4.97. The van der Waals surface area contributed by atoms with E-state index in [4.69, 9.17) is 21.7 Å². The third kappa shape index (κ3) is 4.69. The smallest absolute Gasteiger partial charge is 0.264 e. The molecule has 2 aromatic rings. The number of hydrogen-bond donors (Lipinski definition) is 1. The lowest BCUT2D eigenvalue weighted by molar-refractivity contribution is 0.102. The number of ether oxygens (including phenoxy) is 2. The zero-order valence-corrected chi connectivity index (χ0v) is 14.0. The van der Waals surface area contributed by atoms with Crippen LogP contribution in [-0.4, -0.2) is 37.2 Å². The van der Waals surface area contributed by atoms with Gasteiger partial charge in [-0.25, -0.2) is 0 Å². The van der Waals surface area contributed by atoms with Crippen LogP contribution in [0.3, 0.4) is 0 Å². The second-order valence-corrected chi connectivity index (χ2v) is 5.32. The summed E-state index contributed by atoms with van der Waals surface area (Å²) in [5.74, 6) is 1.03. The van der Waals surface area contributed by atoms with Crippen molar-refractivity contribution in [3.63, 3.8) is 0 Å². The standard InChI is InChI=1S/C17H18N2O3S/c1-19(2)17(23)22-15-6-4-5-12(11-15)16(20)18-13-7-9-14(21-3)10-8-13/h4-11H,1-3H3,(H,18,20). The van der Waals surface area contributed by atoms with E-state index >= 15 is 0 Å². The van der Waals surface area contributed by atoms with Crippen molar-refractivity contribution in [3.8, 4) is 11.5 Å². The first-order valence-corrected chi connectivity index (χ1v) is 7.35. The Bertz CT molecular complexity index is 699. The molecule has 0 aromatic heterocycles. The summed E-state index contributed by atoms with van der Waals surface area (Å²) in [5.41, 5.74) is 1.17. The van der Waals surface area contributed by atoms with Crippen LogP contribution in [0.15, 0.2) is 48.5 Å². The minimum absolute atomic E-state index is 0.226. The fourth-order valence-corrected chi connectivity index (χ4v) is 1.87. The largest absolute Gasteiger partial charge is 0.497 e. The zero-order chi connectivity index (χ0) is 16.8. The molecule has 1 N–H and O–H groups in total. The highest BCUT2D eigenvalue weighted by Gasteiger charge is 2.09. The van der Waals surface area contributed by atoms with Gasteiger partial charge in [-0.15, -0.1) is 0 Å². The maximum absolute atomic E-state index is 12.3. The van der Waals surface area contributed by atoms with E-state index < -0.39 is 0 Å². The van der Waals surface area contributed by atoms with E-state index in [2.05, 4.69) is 5.32 Å². The summed E-state index contributed by atoms with van der Waals surface area (Å²) in [6.45, 7) is 0. The fraction of sp³-hybridized carbons (Fsp3) is 0.176. The normalized spacial score (nSPS) is 9.87. The van der Waals surface area contributed by atoms with E-state index in [-0.39, 0.29) is 5.91 Å². The maximum atomic E-state index is 12.3. The van der Waals surface area contributed by atoms with Gasteiger partial charge in [-0.05, 0) is 54.7 Å². The SMILES string of the molecule is COc1ccc(NC(=O)c2cccc(OC(=S)N(C)C)c2)cc1. The second kappa shape index (κ2) is 7.60. The number of nitrogens with one attached hydrogen (secondary N) is 1. The molecule has 6 heteroatoms. The van der Waals surface area contributed by atoms with Gasteiger partial charge in [-0.2, -0.15) is 0 Å². The van der Waals surface area contributed by atoms with E-state index in [0.717, 1.165) is 5.75 Å². The molecule has 0 heterocycles. The summed E-state index contributed by atoms with van der Waals surface area (Å²) in [4.78, 5) is 14.0. The van der Waals surface area contributed by atoms with Crippen molar-refractivity contribution in [2.45, 2.75) is 0 Å². The van der Waals surface area contributed by atoms with Crippen LogP contribution in [0, 0.1) is 0 Å². The van der Waals surface area contributed by atoms with Gasteiger partial charge in [0, 0.05) is 25.3 Å². The highest BCUT2D eigenvalue weighted by atomic mass is 32.1. The molecule has 0 spiro atoms. The van der Waals surface area contributed by atoms with Crippen LogP contribution in [0.1, 0.15) is 10.4 Å². The summed E-state index contributed by atoms with van der Waals surface area (Å²) in [6.07, 6.45) is 0. The van der Waals surface area contributed by atoms with Crippen LogP contribution in [0.4, 0.5) is 5.69 Å². The molecule has 0 bridgehead atoms. The lowest BCUT2D eigenvalue weighted by Gasteiger charge is -2.14. The summed E-state index contributed by atoms with van der Waals surface area (Å²) < 4.78 is 10.6. The van der Waals surface area contributed by atoms with Crippen molar-refractivity contribution in [1.82, 2.24) is 4.90 Å². The van der Waals surface area contributed by atoms with Gasteiger partial charge in [-0.3, -0.25) is 4.79 Å². The van der Waals surface area contributed by atoms with Crippen molar-refractivity contribution in [2.24, 2.45) is 0 Å². The molecule has 0 radical (unpaired) electrons. The van der Waals surface area contributed by atoms with Crippen LogP contribution in [0.25, 0.3) is 0 Å². The molecule has 0 fully saturated rings. The van der Waals surface area contributed by atoms with Crippen LogP contribution in [0.2, 0.25) is 0 Å². The number of nitrogens with zero attached hydrogens (tertiary/aromatic N) is 1. The van der Waals surface area contributed by atoms with Gasteiger partial charge in [0.2, 0.25) is 0 Å². The third-order valence-electron chi connectivity index (χ3n) is 3.01. The monoisotopic (exact) mass is 330 g/mol. The van der Waals surface area contributed by atoms with E-state index in [0.29, 0.717) is 22.2 Å². The quantitative estimate of drug-likeness (QED) is 0.873. The molecule has 1 amide bonds. The molecule has 120 valence electrons. The summed E-state index contributed by atoms with van der Waals surface area (Å²) in [5, 5.41) is 3.15. The maximum Gasteiger partial charge on any atom is 0.264 e. The highest BCUT2D eigenvalue weighted by molar-refractivity contribution is 7.80. The summed E-state index contributed by atoms with van der Waals surface area (Å²) in [7, 11) is 5.18. The first-order chi connectivity index (χ1) is 11.0. The van der Waals surface area contributed by atoms with Gasteiger partial charge in [0.05, 0.1) is 7.11 Å². The third-order valence-corrected chi connectivity index (χ3v) is 3.46. The zero-order valence-electron chi connectivity index (χ0n) is 13.2. The topological polar surface area (TPSA) is 50.8 Å². The molecule has 0 aliphatic heterocycles. The number of rotatable bonds is 4. The van der Waals surface area contributed by atoms with E-state index in [9.17, 15) is 4.79 Å². The first kappa shape index (κ1) is 16.8. The van der Waals surface area contributed by atoms with Crippen LogP contribution in [0.5, 0.6) is 11.5 Å². The van der Waals surface area contributed by atoms with Crippen LogP contribution >= 0.6 is 12.2 Å². The van der Waals surface area contributed by atoms with Crippen molar-refractivity contribution in [1.29, 1.82) is 0 Å². The van der Waals surface area contributed by atoms with Gasteiger partial charge in [0.25, 0.3) is 11.1 Å². The van der Waals surface area contributed by atoms with Crippen LogP contribution in [-0.2, 0) is 0 Å². The molecule has 0 saturated heterocycles. The van der Waals surface area contributed by atoms with E-state index in [1.807, 2.05) is 0 Å². The average molecular weight is 330 g/mol. The number of anilines is 1. The van der Waals surface area contributed by atoms with Crippen molar-refractivity contribution >= 4 is 29.0 Å². The van der Waals surface area contributed by atoms with E-state index in [1.54, 1.807) is 74.6 Å². The van der Waals surface area contributed by atoms with Crippen molar-refractivity contribution < 1.29 is 14.3 Å². The molecular weight excluding hydrogens is 312 g/mol. The lowest BCUT2D eigenvalue weighted by Crippen LogP contribution is -2.25. The molecule has 0 aliphatic carbocycles. The Balaban J connectivity index is 2.08. The van der Waals surface area contributed by atoms with Crippen LogP contribution < -0.4 is 14.8 Å². The summed E-state index contributed by atoms with van der Waals surface area (Å²) in [6, 6.07) is 14.0. The average Bonchev–Trinajstić information content (AvgIpc) is 2.55. The summed E-state index contributed by atoms with van der Waals surface area (Å²) >= 11 is 5.09. The molecule has 2 rings (SSSR count). The number of methoxy groups -OCH3 is 1. The van der Waals surface area contributed by atoms with Gasteiger partial charge < -0.3 is 19.7 Å². The predicted octanol–water partition coefficient (Wildman–Crippen LogP) is 3.17. The number of carbonyl (C=O) groups excluding carboxylic acids is 1. The van der Waals surface area contributed by atoms with Gasteiger partial charge in [0.15, 0.2) is 0 Å². The molecule has 5 nitrogen and oxygen atoms in total. The fourth-order valence-electron chi connectivity index (χ4n) is 1.77. The molecule has 23 heavy (non-hydrogen) atoms. The number of carbonyl (C=O) groups is 1. The first-order valence-electron chi connectivity index (χ1n) is 6.94. The molecule has 2 aromatic carbocycles. The number of benzene rings is 2. The van der Waals surface area contributed by atoms with Gasteiger partial charge >= 0.3 is 0 Å². The Morgan fingerprint density at radius 3 is 2.39 bits per heavy atom. The van der Waals surface area contributed by atoms with Gasteiger partial charge in [-0.1, -0.05) is 6.07 Å². The molecule has 0 saturated carbocycles. The number of hydrogen-bond acceptors (Lipinski definition) is 4. The predicted molar refractivity (Wildman–Crippen MR) is 94.3 cm³/mol. The minimum Gasteiger partial charge on any atom is -0.497 e. The Morgan fingerprint density at radius 2 is 1.78 bits per heavy atom. The Hall–Kier alpha value is -2.60. The number of amides is 1. The molecule has 0 unspecified atom stereocenters. The van der Waals surface area contributed by atoms with Crippen molar-refractivity contribution in [2.75, 3.05) is 26.5 Å². The Morgan fingerprint density at radius 1 is 1.09 bits per heavy atom. The molecular formula is C17H18N2O3S. The van der Waals surface area contributed by atoms with Crippen molar-refractivity contribution in [3.05, 3.63) is 54.1 Å². The van der Waals surface area contributed by atoms with Gasteiger partial charge in [0.1, 0.15) is 11.5 Å². The molecule has 0 atom stereocenters. The Kier molecular flexibility index (Phi) is 5.54. The van der Waals surface area contributed by atoms with E-state index in [1.165, 1.54) is 0 Å². The lowest BCUT2D eigenvalue weighted by atomic mass is 10.2. The molecule has 0 aliphatic rings.